The number of carboxylic acid groups (broad SMARTS) is 2. The Bertz CT molecular complexity index is 772. The van der Waals surface area contributed by atoms with Crippen molar-refractivity contribution >= 4 is 65.6 Å². The molecule has 0 atom stereocenters. The Morgan fingerprint density at radius 3 is 1.03 bits per heavy atom. The minimum Gasteiger partial charge on any atom is -0.478 e. The van der Waals surface area contributed by atoms with Crippen molar-refractivity contribution < 1.29 is 25.3 Å². The van der Waals surface area contributed by atoms with Crippen molar-refractivity contribution in [2.24, 2.45) is 0 Å². The van der Waals surface area contributed by atoms with Gasteiger partial charge in [-0.25, -0.2) is 9.59 Å². The summed E-state index contributed by atoms with van der Waals surface area (Å²) in [5.41, 5.74) is 11.6. The van der Waals surface area contributed by atoms with Crippen LogP contribution in [0.4, 0.5) is 11.4 Å². The second-order valence-electron chi connectivity index (χ2n) is 8.70. The van der Waals surface area contributed by atoms with Crippen molar-refractivity contribution in [2.45, 2.75) is 96.8 Å². The van der Waals surface area contributed by atoms with Crippen LogP contribution in [0.3, 0.4) is 0 Å². The maximum Gasteiger partial charge on any atom is 0.337 e. The van der Waals surface area contributed by atoms with Crippen LogP contribution in [0.1, 0.15) is 99.8 Å². The van der Waals surface area contributed by atoms with Crippen LogP contribution < -0.4 is 11.5 Å². The summed E-state index contributed by atoms with van der Waals surface area (Å²) < 4.78 is 6.50. The third-order valence-corrected chi connectivity index (χ3v) is 13.3. The second kappa shape index (κ2) is 31.1. The predicted octanol–water partition coefficient (Wildman–Crippen LogP) is 7.36. The predicted molar refractivity (Wildman–Crippen MR) is 170 cm³/mol. The fourth-order valence-corrected chi connectivity index (χ4v) is 11.2. The molecule has 0 heterocycles. The molecule has 0 aromatic heterocycles. The van der Waals surface area contributed by atoms with Crippen molar-refractivity contribution in [3.8, 4) is 0 Å². The number of carboxylic acids is 2. The number of hydrogen-bond acceptors (Lipinski definition) is 4. The molecule has 4 radical (unpaired) electrons. The van der Waals surface area contributed by atoms with E-state index in [4.69, 9.17) is 21.7 Å². The molecular formula is C30H52N2O5Sn2. The topological polar surface area (TPSA) is 158 Å². The molecule has 220 valence electrons. The summed E-state index contributed by atoms with van der Waals surface area (Å²) in [5.74, 6) is -1.98. The van der Waals surface area contributed by atoms with E-state index in [2.05, 4.69) is 27.7 Å². The van der Waals surface area contributed by atoms with Gasteiger partial charge in [0.1, 0.15) is 0 Å². The van der Waals surface area contributed by atoms with Crippen molar-refractivity contribution in [1.82, 2.24) is 0 Å². The van der Waals surface area contributed by atoms with Crippen molar-refractivity contribution in [2.75, 3.05) is 11.5 Å². The van der Waals surface area contributed by atoms with Gasteiger partial charge < -0.3 is 27.2 Å². The summed E-state index contributed by atoms with van der Waals surface area (Å²) in [6, 6.07) is 12.7. The largest absolute Gasteiger partial charge is 0.478 e. The van der Waals surface area contributed by atoms with Gasteiger partial charge in [-0.15, -0.1) is 0 Å². The Kier molecular flexibility index (Phi) is 33.5. The Morgan fingerprint density at radius 1 is 0.590 bits per heavy atom. The van der Waals surface area contributed by atoms with E-state index in [1.54, 1.807) is 54.1 Å². The van der Waals surface area contributed by atoms with Crippen LogP contribution in [-0.2, 0) is 0 Å². The van der Waals surface area contributed by atoms with E-state index in [1.807, 2.05) is 0 Å². The monoisotopic (exact) mass is 760 g/mol. The molecule has 0 amide bonds. The van der Waals surface area contributed by atoms with Gasteiger partial charge in [-0.3, -0.25) is 0 Å². The van der Waals surface area contributed by atoms with Gasteiger partial charge in [-0.2, -0.15) is 0 Å². The van der Waals surface area contributed by atoms with Gasteiger partial charge in [0.15, 0.2) is 0 Å². The molecule has 8 N–H and O–H groups in total. The number of hydrogen-bond donors (Lipinski definition) is 4. The Balaban J connectivity index is -0.000000440. The average molecular weight is 758 g/mol. The first-order valence-corrected chi connectivity index (χ1v) is 21.9. The molecule has 2 rings (SSSR count). The fourth-order valence-electron chi connectivity index (χ4n) is 2.84. The van der Waals surface area contributed by atoms with Gasteiger partial charge >= 0.3 is 151 Å². The van der Waals surface area contributed by atoms with Crippen LogP contribution in [0.5, 0.6) is 0 Å². The number of rotatable bonds is 14. The van der Waals surface area contributed by atoms with Gasteiger partial charge in [0.25, 0.3) is 0 Å². The van der Waals surface area contributed by atoms with E-state index in [0.29, 0.717) is 11.4 Å². The quantitative estimate of drug-likeness (QED) is 0.0896. The Hall–Kier alpha value is -1.46. The number of anilines is 2. The first kappa shape index (κ1) is 42.0. The van der Waals surface area contributed by atoms with E-state index in [9.17, 15) is 9.59 Å². The summed E-state index contributed by atoms with van der Waals surface area (Å²) in [5, 5.41) is 17.0. The van der Waals surface area contributed by atoms with Gasteiger partial charge in [-0.1, -0.05) is 24.3 Å². The summed E-state index contributed by atoms with van der Waals surface area (Å²) in [7, 11) is 0. The Labute approximate surface area is 257 Å². The number of carbonyl (C=O) groups is 2. The van der Waals surface area contributed by atoms with Crippen molar-refractivity contribution in [1.29, 1.82) is 0 Å². The fraction of sp³-hybridized carbons (Fsp3) is 0.533. The molecule has 2 aromatic carbocycles. The first-order valence-electron chi connectivity index (χ1n) is 13.8. The first-order chi connectivity index (χ1) is 18.3. The zero-order chi connectivity index (χ0) is 29.0. The molecule has 9 heteroatoms. The number of benzene rings is 2. The smallest absolute Gasteiger partial charge is 0.337 e. The molecular weight excluding hydrogens is 706 g/mol. The summed E-state index contributed by atoms with van der Waals surface area (Å²) in [4.78, 5) is 20.7. The third-order valence-electron chi connectivity index (χ3n) is 5.21. The maximum absolute atomic E-state index is 10.3. The molecule has 0 aliphatic carbocycles. The number of nitrogens with two attached hydrogens (primary N) is 2. The third kappa shape index (κ3) is 26.5. The summed E-state index contributed by atoms with van der Waals surface area (Å²) in [6.45, 7) is 9.16. The molecule has 7 nitrogen and oxygen atoms in total. The SMILES string of the molecule is CCC[CH2][Sn][CH2]CCC.CCC[CH2][Sn][CH2]CCC.Nc1ccccc1C(=O)O.Nc1ccccc1C(=O)O.O. The summed E-state index contributed by atoms with van der Waals surface area (Å²) in [6.07, 6.45) is 11.7. The van der Waals surface area contributed by atoms with Gasteiger partial charge in [-0.05, 0) is 24.3 Å². The standard InChI is InChI=1S/2C7H7NO2.4C4H9.H2O.2Sn/c2*8-6-4-2-1-3-5(6)7(9)10;4*1-3-4-2;;;/h2*1-4H,8H2,(H,9,10);4*1,3-4H2,2H3;1H2;;. The number of unbranched alkanes of at least 4 members (excludes halogenated alkanes) is 4. The van der Waals surface area contributed by atoms with Crippen LogP contribution in [0.2, 0.25) is 17.7 Å². The average Bonchev–Trinajstić information content (AvgIpc) is 2.90. The van der Waals surface area contributed by atoms with Crippen LogP contribution >= 0.6 is 0 Å². The van der Waals surface area contributed by atoms with Gasteiger partial charge in [0.05, 0.1) is 11.1 Å². The van der Waals surface area contributed by atoms with Gasteiger partial charge in [0.2, 0.25) is 0 Å². The zero-order valence-electron chi connectivity index (χ0n) is 24.5. The van der Waals surface area contributed by atoms with Crippen LogP contribution in [0.15, 0.2) is 48.5 Å². The van der Waals surface area contributed by atoms with E-state index in [0.717, 1.165) is 0 Å². The minimum atomic E-state index is -0.988. The summed E-state index contributed by atoms with van der Waals surface area (Å²) >= 11 is 0.299. The van der Waals surface area contributed by atoms with E-state index >= 15 is 0 Å². The van der Waals surface area contributed by atoms with E-state index in [1.165, 1.54) is 63.5 Å². The molecule has 0 fully saturated rings. The van der Waals surface area contributed by atoms with E-state index in [-0.39, 0.29) is 58.9 Å². The molecule has 0 aliphatic heterocycles. The zero-order valence-corrected chi connectivity index (χ0v) is 30.2. The maximum atomic E-state index is 10.3. The number of nitrogen functional groups attached to an aromatic ring is 2. The van der Waals surface area contributed by atoms with Crippen LogP contribution in [0.25, 0.3) is 0 Å². The molecule has 39 heavy (non-hydrogen) atoms. The van der Waals surface area contributed by atoms with Crippen molar-refractivity contribution in [3.05, 3.63) is 59.7 Å². The van der Waals surface area contributed by atoms with Crippen molar-refractivity contribution in [3.63, 3.8) is 0 Å². The molecule has 0 saturated heterocycles. The molecule has 0 saturated carbocycles. The number of para-hydroxylation sites is 2. The minimum absolute atomic E-state index is 0. The number of aromatic carboxylic acids is 2. The van der Waals surface area contributed by atoms with Crippen LogP contribution in [0, 0.1) is 0 Å². The molecule has 0 spiro atoms. The van der Waals surface area contributed by atoms with Gasteiger partial charge in [0, 0.05) is 11.4 Å². The molecule has 2 aromatic rings. The van der Waals surface area contributed by atoms with E-state index < -0.39 is 11.9 Å². The molecule has 0 bridgehead atoms. The molecule has 0 unspecified atom stereocenters. The Morgan fingerprint density at radius 2 is 0.846 bits per heavy atom. The normalized spacial score (nSPS) is 9.33. The second-order valence-corrected chi connectivity index (χ2v) is 17.3. The van der Waals surface area contributed by atoms with Crippen LogP contribution in [-0.4, -0.2) is 69.9 Å². The molecule has 0 aliphatic rings.